The predicted octanol–water partition coefficient (Wildman–Crippen LogP) is 2.77. The van der Waals surface area contributed by atoms with Crippen LogP contribution in [0.25, 0.3) is 0 Å². The van der Waals surface area contributed by atoms with Gasteiger partial charge in [0.2, 0.25) is 0 Å². The number of likely N-dealkylation sites (tertiary alicyclic amines) is 1. The van der Waals surface area contributed by atoms with E-state index in [1.807, 2.05) is 27.2 Å². The van der Waals surface area contributed by atoms with Gasteiger partial charge in [-0.25, -0.2) is 0 Å². The molecular formula is C13H15BrN4OS. The molecule has 1 amide bonds. The monoisotopic (exact) mass is 354 g/mol. The second-order valence-corrected chi connectivity index (χ2v) is 6.61. The first-order valence-corrected chi connectivity index (χ1v) is 8.15. The molecule has 20 heavy (non-hydrogen) atoms. The Bertz CT molecular complexity index is 615. The van der Waals surface area contributed by atoms with Crippen LogP contribution in [0.3, 0.4) is 0 Å². The predicted molar refractivity (Wildman–Crippen MR) is 82.8 cm³/mol. The number of nitrogens with two attached hydrogens (primary N) is 1. The summed E-state index contributed by atoms with van der Waals surface area (Å²) in [5.41, 5.74) is 5.64. The summed E-state index contributed by atoms with van der Waals surface area (Å²) in [4.78, 5) is 15.1. The van der Waals surface area contributed by atoms with Crippen LogP contribution in [0, 0.1) is 0 Å². The van der Waals surface area contributed by atoms with Crippen molar-refractivity contribution in [2.45, 2.75) is 18.9 Å². The highest BCUT2D eigenvalue weighted by atomic mass is 79.9. The largest absolute Gasteiger partial charge is 0.382 e. The van der Waals surface area contributed by atoms with Crippen molar-refractivity contribution in [1.82, 2.24) is 14.7 Å². The smallest absolute Gasteiger partial charge is 0.265 e. The van der Waals surface area contributed by atoms with Crippen molar-refractivity contribution in [2.75, 3.05) is 18.8 Å². The molecule has 0 aliphatic carbocycles. The van der Waals surface area contributed by atoms with Gasteiger partial charge in [-0.2, -0.15) is 5.10 Å². The summed E-state index contributed by atoms with van der Waals surface area (Å²) < 4.78 is 2.80. The molecule has 3 heterocycles. The van der Waals surface area contributed by atoms with Crippen LogP contribution in [0.1, 0.15) is 28.6 Å². The van der Waals surface area contributed by atoms with Crippen molar-refractivity contribution in [3.63, 3.8) is 0 Å². The summed E-state index contributed by atoms with van der Waals surface area (Å²) in [6.07, 6.45) is 3.74. The highest BCUT2D eigenvalue weighted by Crippen LogP contribution is 2.28. The Labute approximate surface area is 129 Å². The maximum atomic E-state index is 12.4. The average Bonchev–Trinajstić information content (AvgIpc) is 3.07. The Morgan fingerprint density at radius 2 is 2.15 bits per heavy atom. The molecule has 3 rings (SSSR count). The Morgan fingerprint density at radius 1 is 1.40 bits per heavy atom. The van der Waals surface area contributed by atoms with Gasteiger partial charge in [0.25, 0.3) is 5.91 Å². The number of amides is 1. The van der Waals surface area contributed by atoms with Gasteiger partial charge in [-0.3, -0.25) is 9.48 Å². The molecule has 0 unspecified atom stereocenters. The van der Waals surface area contributed by atoms with Gasteiger partial charge >= 0.3 is 0 Å². The summed E-state index contributed by atoms with van der Waals surface area (Å²) in [5.74, 6) is 0.663. The van der Waals surface area contributed by atoms with Gasteiger partial charge < -0.3 is 10.6 Å². The number of carbonyl (C=O) groups excluding carboxylic acids is 1. The van der Waals surface area contributed by atoms with Gasteiger partial charge in [-0.1, -0.05) is 0 Å². The molecule has 1 aliphatic heterocycles. The summed E-state index contributed by atoms with van der Waals surface area (Å²) in [7, 11) is 0. The molecule has 0 radical (unpaired) electrons. The van der Waals surface area contributed by atoms with Crippen LogP contribution in [-0.2, 0) is 0 Å². The van der Waals surface area contributed by atoms with Gasteiger partial charge in [-0.05, 0) is 46.3 Å². The molecule has 5 nitrogen and oxygen atoms in total. The van der Waals surface area contributed by atoms with Crippen molar-refractivity contribution in [3.8, 4) is 0 Å². The van der Waals surface area contributed by atoms with Crippen molar-refractivity contribution in [2.24, 2.45) is 0 Å². The molecule has 7 heteroatoms. The quantitative estimate of drug-likeness (QED) is 0.901. The lowest BCUT2D eigenvalue weighted by molar-refractivity contribution is 0.0694. The number of hydrogen-bond donors (Lipinski definition) is 1. The first-order chi connectivity index (χ1) is 9.65. The molecule has 2 aromatic heterocycles. The fraction of sp³-hybridized carbons (Fsp3) is 0.385. The van der Waals surface area contributed by atoms with Gasteiger partial charge in [0.1, 0.15) is 10.7 Å². The number of aromatic nitrogens is 2. The number of carbonyl (C=O) groups is 1. The SMILES string of the molecule is Nc1ccn(C2CCN(C(=O)c3sccc3Br)CC2)n1. The van der Waals surface area contributed by atoms with Crippen molar-refractivity contribution in [1.29, 1.82) is 0 Å². The lowest BCUT2D eigenvalue weighted by Crippen LogP contribution is -2.39. The van der Waals surface area contributed by atoms with E-state index in [4.69, 9.17) is 5.73 Å². The highest BCUT2D eigenvalue weighted by molar-refractivity contribution is 9.10. The Balaban J connectivity index is 1.64. The number of nitrogen functional groups attached to an aromatic ring is 1. The molecule has 106 valence electrons. The summed E-state index contributed by atoms with van der Waals surface area (Å²) in [6.45, 7) is 1.52. The minimum atomic E-state index is 0.116. The van der Waals surface area contributed by atoms with E-state index in [2.05, 4.69) is 21.0 Å². The number of rotatable bonds is 2. The zero-order valence-electron chi connectivity index (χ0n) is 10.8. The van der Waals surface area contributed by atoms with Crippen LogP contribution in [0.2, 0.25) is 0 Å². The van der Waals surface area contributed by atoms with Crippen LogP contribution >= 0.6 is 27.3 Å². The Morgan fingerprint density at radius 3 is 2.70 bits per heavy atom. The first kappa shape index (κ1) is 13.6. The van der Waals surface area contributed by atoms with E-state index in [-0.39, 0.29) is 5.91 Å². The molecule has 1 fully saturated rings. The third kappa shape index (κ3) is 2.60. The molecule has 1 aliphatic rings. The number of anilines is 1. The normalized spacial score (nSPS) is 16.6. The third-order valence-corrected chi connectivity index (χ3v) is 5.39. The van der Waals surface area contributed by atoms with E-state index in [0.717, 1.165) is 35.3 Å². The average molecular weight is 355 g/mol. The second-order valence-electron chi connectivity index (χ2n) is 4.84. The summed E-state index contributed by atoms with van der Waals surface area (Å²) >= 11 is 4.90. The van der Waals surface area contributed by atoms with E-state index < -0.39 is 0 Å². The van der Waals surface area contributed by atoms with Crippen LogP contribution in [0.5, 0.6) is 0 Å². The fourth-order valence-electron chi connectivity index (χ4n) is 2.48. The van der Waals surface area contributed by atoms with Crippen LogP contribution in [0.15, 0.2) is 28.2 Å². The molecule has 2 aromatic rings. The van der Waals surface area contributed by atoms with E-state index in [1.54, 1.807) is 6.07 Å². The first-order valence-electron chi connectivity index (χ1n) is 6.48. The van der Waals surface area contributed by atoms with Crippen LogP contribution in [-0.4, -0.2) is 33.7 Å². The summed E-state index contributed by atoms with van der Waals surface area (Å²) in [5, 5.41) is 6.18. The maximum Gasteiger partial charge on any atom is 0.265 e. The molecule has 0 atom stereocenters. The third-order valence-electron chi connectivity index (χ3n) is 3.57. The summed E-state index contributed by atoms with van der Waals surface area (Å²) in [6, 6.07) is 4.06. The maximum absolute atomic E-state index is 12.4. The molecule has 0 spiro atoms. The second kappa shape index (κ2) is 5.57. The van der Waals surface area contributed by atoms with Crippen molar-refractivity contribution in [3.05, 3.63) is 33.1 Å². The molecule has 0 bridgehead atoms. The minimum absolute atomic E-state index is 0.116. The molecule has 0 aromatic carbocycles. The number of nitrogens with zero attached hydrogens (tertiary/aromatic N) is 3. The molecule has 2 N–H and O–H groups in total. The van der Waals surface area contributed by atoms with Crippen LogP contribution < -0.4 is 5.73 Å². The van der Waals surface area contributed by atoms with Crippen LogP contribution in [0.4, 0.5) is 5.82 Å². The van der Waals surface area contributed by atoms with E-state index in [1.165, 1.54) is 11.3 Å². The number of thiophene rings is 1. The van der Waals surface area contributed by atoms with Crippen molar-refractivity contribution < 1.29 is 4.79 Å². The fourth-order valence-corrected chi connectivity index (χ4v) is 3.99. The zero-order valence-corrected chi connectivity index (χ0v) is 13.2. The zero-order chi connectivity index (χ0) is 14.1. The molecular weight excluding hydrogens is 340 g/mol. The van der Waals surface area contributed by atoms with E-state index >= 15 is 0 Å². The minimum Gasteiger partial charge on any atom is -0.382 e. The van der Waals surface area contributed by atoms with E-state index in [0.29, 0.717) is 11.9 Å². The van der Waals surface area contributed by atoms with Crippen molar-refractivity contribution >= 4 is 39.0 Å². The lowest BCUT2D eigenvalue weighted by atomic mass is 10.1. The number of piperidine rings is 1. The molecule has 1 saturated heterocycles. The van der Waals surface area contributed by atoms with E-state index in [9.17, 15) is 4.79 Å². The standard InChI is InChI=1S/C13H15BrN4OS/c14-10-4-8-20-12(10)13(19)17-5-1-9(2-6-17)18-7-3-11(15)16-18/h3-4,7-9H,1-2,5-6H2,(H2,15,16). The Hall–Kier alpha value is -1.34. The number of halogens is 1. The Kier molecular flexibility index (Phi) is 3.80. The lowest BCUT2D eigenvalue weighted by Gasteiger charge is -2.31. The number of hydrogen-bond acceptors (Lipinski definition) is 4. The topological polar surface area (TPSA) is 64.2 Å². The molecule has 0 saturated carbocycles. The highest BCUT2D eigenvalue weighted by Gasteiger charge is 2.26. The van der Waals surface area contributed by atoms with Gasteiger partial charge in [0, 0.05) is 23.8 Å². The van der Waals surface area contributed by atoms with Gasteiger partial charge in [-0.15, -0.1) is 11.3 Å². The van der Waals surface area contributed by atoms with Gasteiger partial charge in [0.15, 0.2) is 0 Å². The van der Waals surface area contributed by atoms with Gasteiger partial charge in [0.05, 0.1) is 6.04 Å².